The van der Waals surface area contributed by atoms with Crippen LogP contribution in [0.3, 0.4) is 0 Å². The van der Waals surface area contributed by atoms with Gasteiger partial charge in [-0.3, -0.25) is 10.1 Å². The highest BCUT2D eigenvalue weighted by Crippen LogP contribution is 2.27. The van der Waals surface area contributed by atoms with E-state index >= 15 is 0 Å². The maximum absolute atomic E-state index is 12.5. The number of phenols is 1. The summed E-state index contributed by atoms with van der Waals surface area (Å²) in [4.78, 5) is 58.0. The molecule has 13 nitrogen and oxygen atoms in total. The van der Waals surface area contributed by atoms with Gasteiger partial charge in [0.1, 0.15) is 28.7 Å². The van der Waals surface area contributed by atoms with Gasteiger partial charge >= 0.3 is 23.9 Å². The number of benzene rings is 4. The zero-order valence-electron chi connectivity index (χ0n) is 20.5. The lowest BCUT2D eigenvalue weighted by atomic mass is 10.1. The molecule has 0 aliphatic heterocycles. The Bertz CT molecular complexity index is 1680. The number of rotatable bonds is 9. The summed E-state index contributed by atoms with van der Waals surface area (Å²) in [5, 5.41) is 39.0. The number of aromatic hydroxyl groups is 1. The van der Waals surface area contributed by atoms with Gasteiger partial charge in [0.25, 0.3) is 5.69 Å². The van der Waals surface area contributed by atoms with Crippen LogP contribution in [0.25, 0.3) is 0 Å². The third-order valence-electron chi connectivity index (χ3n) is 5.42. The number of ether oxygens (including phenoxy) is 3. The number of carboxylic acid groups (broad SMARTS) is 2. The number of carboxylic acids is 2. The van der Waals surface area contributed by atoms with E-state index in [4.69, 9.17) is 14.2 Å². The second-order valence-corrected chi connectivity index (χ2v) is 8.15. The molecule has 0 saturated carbocycles. The maximum Gasteiger partial charge on any atom is 0.344 e. The quantitative estimate of drug-likeness (QED) is 0.108. The van der Waals surface area contributed by atoms with Gasteiger partial charge in [0, 0.05) is 12.1 Å². The van der Waals surface area contributed by atoms with Gasteiger partial charge in [0.15, 0.2) is 0 Å². The molecule has 0 saturated heterocycles. The van der Waals surface area contributed by atoms with Crippen molar-refractivity contribution in [3.8, 4) is 28.7 Å². The van der Waals surface area contributed by atoms with E-state index in [-0.39, 0.29) is 22.8 Å². The van der Waals surface area contributed by atoms with Crippen molar-refractivity contribution < 1.29 is 53.6 Å². The van der Waals surface area contributed by atoms with Crippen molar-refractivity contribution in [2.45, 2.75) is 0 Å². The highest BCUT2D eigenvalue weighted by atomic mass is 16.6. The molecule has 4 aromatic carbocycles. The second kappa shape index (κ2) is 11.7. The number of aromatic carboxylic acids is 2. The highest BCUT2D eigenvalue weighted by Gasteiger charge is 2.23. The lowest BCUT2D eigenvalue weighted by Crippen LogP contribution is -2.14. The first-order valence-corrected chi connectivity index (χ1v) is 11.4. The molecule has 206 valence electrons. The van der Waals surface area contributed by atoms with Crippen LogP contribution in [0.5, 0.6) is 28.7 Å². The minimum Gasteiger partial charge on any atom is -0.508 e. The summed E-state index contributed by atoms with van der Waals surface area (Å²) in [6.45, 7) is 0. The van der Waals surface area contributed by atoms with Crippen LogP contribution in [-0.4, -0.2) is 44.1 Å². The summed E-state index contributed by atoms with van der Waals surface area (Å²) < 4.78 is 16.1. The largest absolute Gasteiger partial charge is 0.508 e. The molecule has 41 heavy (non-hydrogen) atoms. The molecule has 4 aromatic rings. The highest BCUT2D eigenvalue weighted by molar-refractivity contribution is 6.04. The molecule has 0 radical (unpaired) electrons. The first-order valence-electron chi connectivity index (χ1n) is 11.4. The van der Waals surface area contributed by atoms with Crippen molar-refractivity contribution in [1.82, 2.24) is 0 Å². The molecule has 0 aromatic heterocycles. The molecule has 0 fully saturated rings. The van der Waals surface area contributed by atoms with Crippen LogP contribution < -0.4 is 14.2 Å². The molecule has 13 heteroatoms. The smallest absolute Gasteiger partial charge is 0.344 e. The van der Waals surface area contributed by atoms with E-state index < -0.39 is 51.2 Å². The third kappa shape index (κ3) is 6.61. The van der Waals surface area contributed by atoms with Crippen molar-refractivity contribution in [2.75, 3.05) is 0 Å². The lowest BCUT2D eigenvalue weighted by molar-refractivity contribution is -0.384. The van der Waals surface area contributed by atoms with Crippen molar-refractivity contribution >= 4 is 29.6 Å². The first-order chi connectivity index (χ1) is 19.5. The summed E-state index contributed by atoms with van der Waals surface area (Å²) in [5.74, 6) is -4.48. The van der Waals surface area contributed by atoms with E-state index in [1.165, 1.54) is 48.5 Å². The molecular weight excluding hydrogens is 542 g/mol. The standard InChI is InChI=1S/C28H17NO12/c30-16-2-12-22(23(14-16)26(33)34)27(35)40-19-7-3-17(4-8-19)39-18-5-9-20(10-6-18)41-28(36)24-13-15(29(37)38)1-11-21(24)25(31)32/h1-14,30H,(H,31,32)(H,33,34). The van der Waals surface area contributed by atoms with Gasteiger partial charge < -0.3 is 29.5 Å². The van der Waals surface area contributed by atoms with Gasteiger partial charge in [0.2, 0.25) is 0 Å². The fourth-order valence-electron chi connectivity index (χ4n) is 3.50. The molecule has 0 spiro atoms. The van der Waals surface area contributed by atoms with Crippen LogP contribution in [-0.2, 0) is 0 Å². The van der Waals surface area contributed by atoms with E-state index in [1.54, 1.807) is 0 Å². The van der Waals surface area contributed by atoms with Crippen LogP contribution in [0.2, 0.25) is 0 Å². The Hall–Kier alpha value is -6.24. The molecule has 0 unspecified atom stereocenters. The van der Waals surface area contributed by atoms with Gasteiger partial charge in [-0.05, 0) is 72.8 Å². The predicted molar refractivity (Wildman–Crippen MR) is 138 cm³/mol. The summed E-state index contributed by atoms with van der Waals surface area (Å²) in [6.07, 6.45) is 0. The fraction of sp³-hybridized carbons (Fsp3) is 0. The average molecular weight is 559 g/mol. The average Bonchev–Trinajstić information content (AvgIpc) is 2.94. The molecule has 0 aliphatic carbocycles. The Labute approximate surface area is 229 Å². The summed E-state index contributed by atoms with van der Waals surface area (Å²) >= 11 is 0. The minimum atomic E-state index is -1.46. The SMILES string of the molecule is O=C(O)c1cc(O)ccc1C(=O)Oc1ccc(Oc2ccc(OC(=O)c3cc([N+](=O)[O-])ccc3C(=O)O)cc2)cc1. The fourth-order valence-corrected chi connectivity index (χ4v) is 3.50. The zero-order valence-corrected chi connectivity index (χ0v) is 20.5. The van der Waals surface area contributed by atoms with Gasteiger partial charge in [-0.25, -0.2) is 19.2 Å². The first kappa shape index (κ1) is 27.8. The van der Waals surface area contributed by atoms with Gasteiger partial charge in [-0.2, -0.15) is 0 Å². The number of nitro benzene ring substituents is 1. The van der Waals surface area contributed by atoms with Gasteiger partial charge in [0.05, 0.1) is 27.2 Å². The summed E-state index contributed by atoms with van der Waals surface area (Å²) in [7, 11) is 0. The molecular formula is C28H17NO12. The molecule has 4 rings (SSSR count). The van der Waals surface area contributed by atoms with Crippen LogP contribution in [0.1, 0.15) is 41.4 Å². The molecule has 0 atom stereocenters. The van der Waals surface area contributed by atoms with Crippen molar-refractivity contribution in [3.05, 3.63) is 117 Å². The summed E-state index contributed by atoms with van der Waals surface area (Å²) in [5.41, 5.74) is -2.09. The Kier molecular flexibility index (Phi) is 7.90. The number of carbonyl (C=O) groups excluding carboxylic acids is 2. The van der Waals surface area contributed by atoms with Crippen LogP contribution in [0.15, 0.2) is 84.9 Å². The van der Waals surface area contributed by atoms with Crippen molar-refractivity contribution in [3.63, 3.8) is 0 Å². The number of hydrogen-bond donors (Lipinski definition) is 3. The number of non-ortho nitro benzene ring substituents is 1. The van der Waals surface area contributed by atoms with E-state index in [9.17, 15) is 44.6 Å². The molecule has 3 N–H and O–H groups in total. The van der Waals surface area contributed by atoms with Crippen molar-refractivity contribution in [1.29, 1.82) is 0 Å². The zero-order chi connectivity index (χ0) is 29.7. The topological polar surface area (TPSA) is 200 Å². The van der Waals surface area contributed by atoms with Gasteiger partial charge in [-0.15, -0.1) is 0 Å². The van der Waals surface area contributed by atoms with Crippen molar-refractivity contribution in [2.24, 2.45) is 0 Å². The number of nitrogens with zero attached hydrogens (tertiary/aromatic N) is 1. The summed E-state index contributed by atoms with van der Waals surface area (Å²) in [6, 6.07) is 17.3. The Morgan fingerprint density at radius 3 is 1.54 bits per heavy atom. The Morgan fingerprint density at radius 2 is 1.05 bits per heavy atom. The normalized spacial score (nSPS) is 10.3. The molecule has 0 heterocycles. The van der Waals surface area contributed by atoms with Crippen LogP contribution >= 0.6 is 0 Å². The Morgan fingerprint density at radius 1 is 0.585 bits per heavy atom. The monoisotopic (exact) mass is 559 g/mol. The number of carbonyl (C=O) groups is 4. The van der Waals surface area contributed by atoms with Gasteiger partial charge in [-0.1, -0.05) is 0 Å². The lowest BCUT2D eigenvalue weighted by Gasteiger charge is -2.10. The number of esters is 2. The molecule has 0 aliphatic rings. The number of phenolic OH excluding ortho intramolecular Hbond substituents is 1. The Balaban J connectivity index is 1.40. The van der Waals surface area contributed by atoms with E-state index in [2.05, 4.69) is 0 Å². The van der Waals surface area contributed by atoms with Crippen LogP contribution in [0, 0.1) is 10.1 Å². The molecule has 0 amide bonds. The maximum atomic E-state index is 12.5. The van der Waals surface area contributed by atoms with E-state index in [0.717, 1.165) is 36.4 Å². The second-order valence-electron chi connectivity index (χ2n) is 8.15. The van der Waals surface area contributed by atoms with Crippen LogP contribution in [0.4, 0.5) is 5.69 Å². The van der Waals surface area contributed by atoms with E-state index in [1.807, 2.05) is 0 Å². The predicted octanol–water partition coefficient (Wildman–Crippen LogP) is 4.93. The molecule has 0 bridgehead atoms. The minimum absolute atomic E-state index is 0.0161. The van der Waals surface area contributed by atoms with E-state index in [0.29, 0.717) is 11.5 Å². The third-order valence-corrected chi connectivity index (χ3v) is 5.42. The number of nitro groups is 1. The number of hydrogen-bond acceptors (Lipinski definition) is 10.